The molecule has 0 bridgehead atoms. The first-order valence-electron chi connectivity index (χ1n) is 3.19. The standard InChI is InChI=1S/C8H14.2Ir/c1-3-5-7-8-6-4-2;;/h3,5,7H,1,4,6,8H2,2H3;;. The van der Waals surface area contributed by atoms with Gasteiger partial charge in [-0.3, -0.25) is 0 Å². The Morgan fingerprint density at radius 3 is 2.30 bits per heavy atom. The number of rotatable bonds is 4. The zero-order valence-electron chi connectivity index (χ0n) is 6.23. The summed E-state index contributed by atoms with van der Waals surface area (Å²) >= 11 is 0. The molecule has 0 aliphatic carbocycles. The molecule has 0 aliphatic rings. The van der Waals surface area contributed by atoms with E-state index in [1.54, 1.807) is 0 Å². The fourth-order valence-corrected chi connectivity index (χ4v) is 0.514. The van der Waals surface area contributed by atoms with Gasteiger partial charge in [0.05, 0.1) is 0 Å². The third kappa shape index (κ3) is 15.9. The first-order valence-corrected chi connectivity index (χ1v) is 3.19. The zero-order chi connectivity index (χ0) is 6.24. The molecule has 0 unspecified atom stereocenters. The van der Waals surface area contributed by atoms with Crippen molar-refractivity contribution >= 4 is 0 Å². The van der Waals surface area contributed by atoms with Crippen molar-refractivity contribution in [1.82, 2.24) is 0 Å². The molecule has 0 aliphatic heterocycles. The summed E-state index contributed by atoms with van der Waals surface area (Å²) in [6.07, 6.45) is 9.73. The van der Waals surface area contributed by atoms with E-state index in [1.807, 2.05) is 12.2 Å². The Labute approximate surface area is 90.9 Å². The molecule has 0 atom stereocenters. The van der Waals surface area contributed by atoms with Crippen LogP contribution >= 0.6 is 0 Å². The summed E-state index contributed by atoms with van der Waals surface area (Å²) in [7, 11) is 0. The number of hydrogen-bond acceptors (Lipinski definition) is 0. The Bertz CT molecular complexity index is 77.3. The van der Waals surface area contributed by atoms with Crippen LogP contribution in [-0.2, 0) is 40.2 Å². The minimum Gasteiger partial charge on any atom is -0.0991 e. The minimum atomic E-state index is 0. The summed E-state index contributed by atoms with van der Waals surface area (Å²) in [4.78, 5) is 0. The fourth-order valence-electron chi connectivity index (χ4n) is 0.514. The Balaban J connectivity index is -0.000000245. The molecule has 0 saturated heterocycles. The maximum absolute atomic E-state index is 3.57. The van der Waals surface area contributed by atoms with Crippen molar-refractivity contribution in [2.45, 2.75) is 26.2 Å². The smallest absolute Gasteiger partial charge is 0 e. The van der Waals surface area contributed by atoms with Gasteiger partial charge in [0, 0.05) is 40.2 Å². The molecular weight excluding hydrogens is 481 g/mol. The van der Waals surface area contributed by atoms with Gasteiger partial charge in [-0.05, 0) is 6.42 Å². The van der Waals surface area contributed by atoms with Crippen molar-refractivity contribution in [3.8, 4) is 0 Å². The van der Waals surface area contributed by atoms with Gasteiger partial charge < -0.3 is 0 Å². The molecule has 0 saturated carbocycles. The number of hydrogen-bond donors (Lipinski definition) is 0. The van der Waals surface area contributed by atoms with E-state index in [0.29, 0.717) is 0 Å². The molecule has 0 rings (SSSR count). The van der Waals surface area contributed by atoms with Crippen molar-refractivity contribution < 1.29 is 40.2 Å². The van der Waals surface area contributed by atoms with E-state index in [9.17, 15) is 0 Å². The molecule has 0 aromatic rings. The monoisotopic (exact) mass is 496 g/mol. The van der Waals surface area contributed by atoms with Crippen molar-refractivity contribution in [2.75, 3.05) is 0 Å². The quantitative estimate of drug-likeness (QED) is 0.417. The van der Waals surface area contributed by atoms with Crippen LogP contribution in [0.1, 0.15) is 26.2 Å². The average Bonchev–Trinajstić information content (AvgIpc) is 1.81. The van der Waals surface area contributed by atoms with Crippen LogP contribution in [0.3, 0.4) is 0 Å². The molecule has 2 radical (unpaired) electrons. The minimum absolute atomic E-state index is 0. The molecule has 0 aromatic carbocycles. The van der Waals surface area contributed by atoms with Crippen molar-refractivity contribution in [2.24, 2.45) is 0 Å². The largest absolute Gasteiger partial charge is 0.0991 e. The van der Waals surface area contributed by atoms with Gasteiger partial charge in [0.25, 0.3) is 0 Å². The van der Waals surface area contributed by atoms with Crippen LogP contribution < -0.4 is 0 Å². The van der Waals surface area contributed by atoms with E-state index in [1.165, 1.54) is 19.3 Å². The summed E-state index contributed by atoms with van der Waals surface area (Å²) in [6.45, 7) is 5.77. The summed E-state index contributed by atoms with van der Waals surface area (Å²) in [6, 6.07) is 0. The van der Waals surface area contributed by atoms with Crippen molar-refractivity contribution in [1.29, 1.82) is 0 Å². The number of allylic oxidation sites excluding steroid dienone is 3. The first-order chi connectivity index (χ1) is 3.91. The third-order valence-electron chi connectivity index (χ3n) is 0.997. The molecule has 0 fully saturated rings. The maximum Gasteiger partial charge on any atom is 0 e. The van der Waals surface area contributed by atoms with Crippen LogP contribution in [0.2, 0.25) is 0 Å². The van der Waals surface area contributed by atoms with Crippen LogP contribution in [0.4, 0.5) is 0 Å². The molecule has 0 heterocycles. The Morgan fingerprint density at radius 1 is 1.30 bits per heavy atom. The Morgan fingerprint density at radius 2 is 1.90 bits per heavy atom. The SMILES string of the molecule is C=CC=CCCCC.[Ir].[Ir]. The molecular formula is C8H14Ir2. The van der Waals surface area contributed by atoms with Gasteiger partial charge in [-0.1, -0.05) is 44.6 Å². The topological polar surface area (TPSA) is 0 Å². The summed E-state index contributed by atoms with van der Waals surface area (Å²) in [5, 5.41) is 0. The van der Waals surface area contributed by atoms with Gasteiger partial charge in [0.1, 0.15) is 0 Å². The first kappa shape index (κ1) is 17.0. The maximum atomic E-state index is 3.57. The molecule has 64 valence electrons. The summed E-state index contributed by atoms with van der Waals surface area (Å²) in [5.41, 5.74) is 0. The molecule has 0 spiro atoms. The predicted octanol–water partition coefficient (Wildman–Crippen LogP) is 2.91. The second-order valence-electron chi connectivity index (χ2n) is 1.81. The second kappa shape index (κ2) is 16.4. The zero-order valence-corrected chi connectivity index (χ0v) is 11.0. The van der Waals surface area contributed by atoms with Gasteiger partial charge in [0.2, 0.25) is 0 Å². The van der Waals surface area contributed by atoms with Gasteiger partial charge in [0.15, 0.2) is 0 Å². The van der Waals surface area contributed by atoms with Crippen LogP contribution in [0, 0.1) is 0 Å². The van der Waals surface area contributed by atoms with Crippen LogP contribution in [0.25, 0.3) is 0 Å². The van der Waals surface area contributed by atoms with Gasteiger partial charge in [-0.2, -0.15) is 0 Å². The van der Waals surface area contributed by atoms with E-state index in [-0.39, 0.29) is 40.2 Å². The van der Waals surface area contributed by atoms with Crippen LogP contribution in [-0.4, -0.2) is 0 Å². The van der Waals surface area contributed by atoms with Crippen LogP contribution in [0.5, 0.6) is 0 Å². The van der Waals surface area contributed by atoms with E-state index < -0.39 is 0 Å². The van der Waals surface area contributed by atoms with Gasteiger partial charge >= 0.3 is 0 Å². The Kier molecular flexibility index (Phi) is 27.9. The van der Waals surface area contributed by atoms with Crippen LogP contribution in [0.15, 0.2) is 24.8 Å². The summed E-state index contributed by atoms with van der Waals surface area (Å²) in [5.74, 6) is 0. The average molecular weight is 495 g/mol. The Hall–Kier alpha value is 0.779. The van der Waals surface area contributed by atoms with Gasteiger partial charge in [-0.15, -0.1) is 0 Å². The van der Waals surface area contributed by atoms with E-state index in [2.05, 4.69) is 19.6 Å². The summed E-state index contributed by atoms with van der Waals surface area (Å²) < 4.78 is 0. The molecule has 10 heavy (non-hydrogen) atoms. The molecule has 0 amide bonds. The van der Waals surface area contributed by atoms with E-state index in [0.717, 1.165) is 0 Å². The van der Waals surface area contributed by atoms with Gasteiger partial charge in [-0.25, -0.2) is 0 Å². The van der Waals surface area contributed by atoms with Crippen molar-refractivity contribution in [3.63, 3.8) is 0 Å². The van der Waals surface area contributed by atoms with Crippen molar-refractivity contribution in [3.05, 3.63) is 24.8 Å². The molecule has 2 heteroatoms. The normalized spacial score (nSPS) is 8.10. The fraction of sp³-hybridized carbons (Fsp3) is 0.500. The molecule has 0 N–H and O–H groups in total. The second-order valence-corrected chi connectivity index (χ2v) is 1.81. The predicted molar refractivity (Wildman–Crippen MR) is 38.9 cm³/mol. The molecule has 0 aromatic heterocycles. The third-order valence-corrected chi connectivity index (χ3v) is 0.997. The van der Waals surface area contributed by atoms with E-state index >= 15 is 0 Å². The van der Waals surface area contributed by atoms with E-state index in [4.69, 9.17) is 0 Å². The number of unbranched alkanes of at least 4 members (excludes halogenated alkanes) is 2. The molecule has 0 nitrogen and oxygen atoms in total.